The van der Waals surface area contributed by atoms with Crippen molar-refractivity contribution in [3.05, 3.63) is 99.1 Å². The molecular weight excluding hydrogens is 522 g/mol. The number of ether oxygens (including phenoxy) is 2. The third-order valence-electron chi connectivity index (χ3n) is 6.05. The minimum atomic E-state index is -0.814. The quantitative estimate of drug-likeness (QED) is 0.167. The summed E-state index contributed by atoms with van der Waals surface area (Å²) in [7, 11) is 1.31. The minimum absolute atomic E-state index is 0.0120. The van der Waals surface area contributed by atoms with Crippen molar-refractivity contribution in [2.24, 2.45) is 0 Å². The van der Waals surface area contributed by atoms with Gasteiger partial charge >= 0.3 is 5.69 Å². The molecule has 0 heterocycles. The molecule has 10 heteroatoms. The monoisotopic (exact) mass is 553 g/mol. The number of nitrogens with one attached hydrogen (secondary N) is 1. The van der Waals surface area contributed by atoms with Crippen molar-refractivity contribution < 1.29 is 24.0 Å². The summed E-state index contributed by atoms with van der Waals surface area (Å²) in [6.07, 6.45) is 2.04. The molecule has 0 bridgehead atoms. The Labute approximate surface area is 232 Å². The Morgan fingerprint density at radius 1 is 1.05 bits per heavy atom. The lowest BCUT2D eigenvalue weighted by atomic mass is 10.0. The minimum Gasteiger partial charge on any atom is -0.490 e. The van der Waals surface area contributed by atoms with E-state index in [1.165, 1.54) is 30.2 Å². The Hall–Kier alpha value is -4.11. The number of nitro groups is 1. The van der Waals surface area contributed by atoms with Crippen LogP contribution in [0.1, 0.15) is 30.9 Å². The maximum atomic E-state index is 13.7. The van der Waals surface area contributed by atoms with Gasteiger partial charge in [-0.3, -0.25) is 19.7 Å². The summed E-state index contributed by atoms with van der Waals surface area (Å²) in [5.41, 5.74) is 1.44. The van der Waals surface area contributed by atoms with Gasteiger partial charge in [0, 0.05) is 36.7 Å². The van der Waals surface area contributed by atoms with Gasteiger partial charge < -0.3 is 19.7 Å². The molecule has 9 nitrogen and oxygen atoms in total. The van der Waals surface area contributed by atoms with Gasteiger partial charge in [0.25, 0.3) is 5.91 Å². The first-order valence-corrected chi connectivity index (χ1v) is 13.0. The molecule has 39 heavy (non-hydrogen) atoms. The molecule has 3 aromatic carbocycles. The molecule has 0 aliphatic carbocycles. The molecule has 1 N–H and O–H groups in total. The number of hydrogen-bond acceptors (Lipinski definition) is 6. The molecule has 0 saturated carbocycles. The van der Waals surface area contributed by atoms with E-state index >= 15 is 0 Å². The van der Waals surface area contributed by atoms with Crippen molar-refractivity contribution in [1.82, 2.24) is 10.2 Å². The number of methoxy groups -OCH3 is 1. The van der Waals surface area contributed by atoms with Crippen molar-refractivity contribution >= 4 is 29.1 Å². The summed E-state index contributed by atoms with van der Waals surface area (Å²) in [6.45, 7) is 2.27. The van der Waals surface area contributed by atoms with Crippen LogP contribution in [0.5, 0.6) is 11.5 Å². The third-order valence-corrected chi connectivity index (χ3v) is 6.29. The summed E-state index contributed by atoms with van der Waals surface area (Å²) < 4.78 is 10.8. The van der Waals surface area contributed by atoms with Gasteiger partial charge in [0.1, 0.15) is 11.8 Å². The highest BCUT2D eigenvalue weighted by atomic mass is 35.5. The fourth-order valence-corrected chi connectivity index (χ4v) is 4.23. The molecule has 0 spiro atoms. The van der Waals surface area contributed by atoms with Gasteiger partial charge in [0.05, 0.1) is 12.0 Å². The topological polar surface area (TPSA) is 111 Å². The number of hydrogen-bond donors (Lipinski definition) is 1. The van der Waals surface area contributed by atoms with Crippen LogP contribution in [-0.4, -0.2) is 47.9 Å². The van der Waals surface area contributed by atoms with Crippen LogP contribution >= 0.6 is 11.6 Å². The summed E-state index contributed by atoms with van der Waals surface area (Å²) >= 11 is 6.20. The maximum absolute atomic E-state index is 13.7. The van der Waals surface area contributed by atoms with E-state index in [0.717, 1.165) is 24.0 Å². The van der Waals surface area contributed by atoms with Crippen LogP contribution in [0.2, 0.25) is 5.02 Å². The van der Waals surface area contributed by atoms with Crippen molar-refractivity contribution in [1.29, 1.82) is 0 Å². The van der Waals surface area contributed by atoms with Crippen LogP contribution < -0.4 is 14.8 Å². The first kappa shape index (κ1) is 29.4. The molecule has 206 valence electrons. The van der Waals surface area contributed by atoms with Crippen LogP contribution in [0.3, 0.4) is 0 Å². The number of carbonyl (C=O) groups excluding carboxylic acids is 2. The van der Waals surface area contributed by atoms with Gasteiger partial charge in [0.2, 0.25) is 11.7 Å². The smallest absolute Gasteiger partial charge is 0.311 e. The van der Waals surface area contributed by atoms with Gasteiger partial charge in [-0.05, 0) is 35.7 Å². The molecule has 0 saturated heterocycles. The van der Waals surface area contributed by atoms with Gasteiger partial charge in [-0.2, -0.15) is 0 Å². The molecule has 0 aromatic heterocycles. The number of benzene rings is 3. The summed E-state index contributed by atoms with van der Waals surface area (Å²) in [4.78, 5) is 39.2. The normalized spacial score (nSPS) is 11.4. The number of halogens is 1. The van der Waals surface area contributed by atoms with Crippen LogP contribution in [0.25, 0.3) is 0 Å². The second-order valence-corrected chi connectivity index (χ2v) is 9.32. The lowest BCUT2D eigenvalue weighted by Gasteiger charge is -2.31. The average molecular weight is 554 g/mol. The standard InChI is InChI=1S/C29H32ClN3O6/c1-3-4-15-31-29(35)26(17-21-9-6-5-7-10-21)32(19-22-11-8-12-23(30)16-22)28(34)20-39-24-13-14-25(33(36)37)27(18-24)38-2/h5-14,16,18,26H,3-4,15,17,19-20H2,1-2H3,(H,31,35). The Morgan fingerprint density at radius 2 is 1.79 bits per heavy atom. The molecule has 1 atom stereocenters. The predicted octanol–water partition coefficient (Wildman–Crippen LogP) is 5.19. The van der Waals surface area contributed by atoms with Crippen LogP contribution in [-0.2, 0) is 22.6 Å². The van der Waals surface area contributed by atoms with E-state index in [1.807, 2.05) is 43.3 Å². The number of carbonyl (C=O) groups is 2. The van der Waals surface area contributed by atoms with E-state index in [-0.39, 0.29) is 29.6 Å². The Kier molecular flexibility index (Phi) is 11.1. The van der Waals surface area contributed by atoms with Crippen LogP contribution in [0, 0.1) is 10.1 Å². The number of rotatable bonds is 14. The largest absolute Gasteiger partial charge is 0.490 e. The zero-order valence-electron chi connectivity index (χ0n) is 22.0. The Balaban J connectivity index is 1.90. The number of amides is 2. The fourth-order valence-electron chi connectivity index (χ4n) is 4.02. The van der Waals surface area contributed by atoms with Crippen molar-refractivity contribution in [3.63, 3.8) is 0 Å². The van der Waals surface area contributed by atoms with E-state index in [0.29, 0.717) is 18.0 Å². The molecule has 2 amide bonds. The molecule has 3 aromatic rings. The van der Waals surface area contributed by atoms with Crippen LogP contribution in [0.4, 0.5) is 5.69 Å². The highest BCUT2D eigenvalue weighted by Crippen LogP contribution is 2.31. The molecule has 0 fully saturated rings. The molecule has 3 rings (SSSR count). The highest BCUT2D eigenvalue weighted by molar-refractivity contribution is 6.30. The molecular formula is C29H32ClN3O6. The molecule has 0 radical (unpaired) electrons. The van der Waals surface area contributed by atoms with Crippen LogP contribution in [0.15, 0.2) is 72.8 Å². The SMILES string of the molecule is CCCCNC(=O)C(Cc1ccccc1)N(Cc1cccc(Cl)c1)C(=O)COc1ccc([N+](=O)[O-])c(OC)c1. The zero-order chi connectivity index (χ0) is 28.2. The van der Waals surface area contributed by atoms with Crippen molar-refractivity contribution in [2.75, 3.05) is 20.3 Å². The maximum Gasteiger partial charge on any atom is 0.311 e. The number of unbranched alkanes of at least 4 members (excludes halogenated alkanes) is 1. The van der Waals surface area contributed by atoms with Crippen molar-refractivity contribution in [3.8, 4) is 11.5 Å². The number of nitrogens with zero attached hydrogens (tertiary/aromatic N) is 2. The van der Waals surface area contributed by atoms with E-state index < -0.39 is 23.5 Å². The van der Waals surface area contributed by atoms with Gasteiger partial charge in [-0.15, -0.1) is 0 Å². The van der Waals surface area contributed by atoms with Gasteiger partial charge in [-0.25, -0.2) is 0 Å². The second kappa shape index (κ2) is 14.7. The summed E-state index contributed by atoms with van der Waals surface area (Å²) in [6, 6.07) is 19.8. The third kappa shape index (κ3) is 8.71. The lowest BCUT2D eigenvalue weighted by Crippen LogP contribution is -2.51. The molecule has 0 aliphatic heterocycles. The predicted molar refractivity (Wildman–Crippen MR) is 149 cm³/mol. The first-order chi connectivity index (χ1) is 18.8. The first-order valence-electron chi connectivity index (χ1n) is 12.6. The van der Waals surface area contributed by atoms with Gasteiger partial charge in [0.15, 0.2) is 6.61 Å². The fraction of sp³-hybridized carbons (Fsp3) is 0.310. The lowest BCUT2D eigenvalue weighted by molar-refractivity contribution is -0.385. The summed E-state index contributed by atoms with van der Waals surface area (Å²) in [5.74, 6) is -0.461. The van der Waals surface area contributed by atoms with Crippen molar-refractivity contribution in [2.45, 2.75) is 38.8 Å². The summed E-state index contributed by atoms with van der Waals surface area (Å²) in [5, 5.41) is 14.7. The second-order valence-electron chi connectivity index (χ2n) is 8.88. The molecule has 1 unspecified atom stereocenters. The highest BCUT2D eigenvalue weighted by Gasteiger charge is 2.30. The Morgan fingerprint density at radius 3 is 2.46 bits per heavy atom. The average Bonchev–Trinajstić information content (AvgIpc) is 2.94. The van der Waals surface area contributed by atoms with E-state index in [1.54, 1.807) is 18.2 Å². The van der Waals surface area contributed by atoms with E-state index in [4.69, 9.17) is 21.1 Å². The van der Waals surface area contributed by atoms with Gasteiger partial charge in [-0.1, -0.05) is 67.4 Å². The zero-order valence-corrected chi connectivity index (χ0v) is 22.7. The van der Waals surface area contributed by atoms with E-state index in [2.05, 4.69) is 5.32 Å². The van der Waals surface area contributed by atoms with E-state index in [9.17, 15) is 19.7 Å². The Bertz CT molecular complexity index is 1270. The molecule has 0 aliphatic rings. The number of nitro benzene ring substituents is 1.